The molecular weight excluding hydrogens is 127 g/mol. The maximum absolute atomic E-state index is 10.3. The summed E-state index contributed by atoms with van der Waals surface area (Å²) in [6.45, 7) is 8.13. The molecule has 0 spiro atoms. The topological polar surface area (TPSA) is 26.3 Å². The number of hydrogen-bond acceptors (Lipinski definition) is 2. The van der Waals surface area contributed by atoms with Gasteiger partial charge in [0, 0.05) is 5.57 Å². The van der Waals surface area contributed by atoms with E-state index in [9.17, 15) is 4.79 Å². The summed E-state index contributed by atoms with van der Waals surface area (Å²) in [6, 6.07) is 0. The van der Waals surface area contributed by atoms with E-state index < -0.39 is 5.97 Å². The summed E-state index contributed by atoms with van der Waals surface area (Å²) in [5, 5.41) is 0. The van der Waals surface area contributed by atoms with Crippen molar-refractivity contribution in [3.8, 4) is 0 Å². The molecule has 46 valence electrons. The Bertz CT molecular complexity index is 134. The monoisotopic (exact) mass is 136 g/mol. The molecule has 0 N–H and O–H groups in total. The van der Waals surface area contributed by atoms with Crippen LogP contribution in [0.25, 0.3) is 0 Å². The van der Waals surface area contributed by atoms with Crippen molar-refractivity contribution in [3.05, 3.63) is 25.0 Å². The van der Waals surface area contributed by atoms with Crippen LogP contribution < -0.4 is 29.6 Å². The fourth-order valence-electron chi connectivity index (χ4n) is 0.176. The van der Waals surface area contributed by atoms with Crippen molar-refractivity contribution < 1.29 is 40.5 Å². The predicted octanol–water partition coefficient (Wildman–Crippen LogP) is -1.63. The third kappa shape index (κ3) is 5.83. The molecule has 0 radical (unpaired) electrons. The van der Waals surface area contributed by atoms with Crippen molar-refractivity contribution >= 4 is 5.97 Å². The van der Waals surface area contributed by atoms with Gasteiger partial charge in [0.15, 0.2) is 0 Å². The van der Waals surface area contributed by atoms with E-state index in [1.54, 1.807) is 6.92 Å². The van der Waals surface area contributed by atoms with Crippen LogP contribution in [0.2, 0.25) is 0 Å². The molecule has 3 heteroatoms. The van der Waals surface area contributed by atoms with Crippen LogP contribution in [0, 0.1) is 0 Å². The molecule has 2 nitrogen and oxygen atoms in total. The molecule has 0 bridgehead atoms. The third-order valence-electron chi connectivity index (χ3n) is 0.539. The molecule has 0 aliphatic carbocycles. The van der Waals surface area contributed by atoms with E-state index in [1.165, 1.54) is 0 Å². The van der Waals surface area contributed by atoms with Crippen LogP contribution in [0.5, 0.6) is 0 Å². The molecule has 0 aromatic heterocycles. The van der Waals surface area contributed by atoms with Gasteiger partial charge in [-0.2, -0.15) is 0 Å². The van der Waals surface area contributed by atoms with Crippen LogP contribution in [0.4, 0.5) is 0 Å². The summed E-state index contributed by atoms with van der Waals surface area (Å²) in [7, 11) is 0. The Balaban J connectivity index is -0.000000245. The largest absolute Gasteiger partial charge is 1.00 e. The van der Waals surface area contributed by atoms with Gasteiger partial charge in [-0.05, 0) is 6.92 Å². The second-order valence-electron chi connectivity index (χ2n) is 1.35. The first kappa shape index (κ1) is 11.7. The van der Waals surface area contributed by atoms with Gasteiger partial charge in [0.1, 0.15) is 0 Å². The second-order valence-corrected chi connectivity index (χ2v) is 1.35. The first-order valence-electron chi connectivity index (χ1n) is 2.16. The van der Waals surface area contributed by atoms with E-state index >= 15 is 0 Å². The third-order valence-corrected chi connectivity index (χ3v) is 0.539. The number of carbonyl (C=O) groups is 1. The molecule has 0 saturated carbocycles. The average Bonchev–Trinajstić information content (AvgIpc) is 1.67. The van der Waals surface area contributed by atoms with Crippen LogP contribution in [0.3, 0.4) is 0 Å². The van der Waals surface area contributed by atoms with E-state index in [2.05, 4.69) is 17.9 Å². The fourth-order valence-corrected chi connectivity index (χ4v) is 0.176. The van der Waals surface area contributed by atoms with Gasteiger partial charge in [-0.1, -0.05) is 13.2 Å². The minimum Gasteiger partial charge on any atom is -1.00 e. The molecule has 0 aliphatic heterocycles. The van der Waals surface area contributed by atoms with Crippen LogP contribution in [-0.4, -0.2) is 5.97 Å². The van der Waals surface area contributed by atoms with Gasteiger partial charge < -0.3 is 6.16 Å². The molecule has 0 aliphatic rings. The van der Waals surface area contributed by atoms with E-state index in [1.807, 2.05) is 0 Å². The zero-order valence-electron chi connectivity index (χ0n) is 6.81. The molecule has 0 aromatic rings. The summed E-state index contributed by atoms with van der Waals surface area (Å²) in [6.07, 6.45) is 1.08. The summed E-state index contributed by atoms with van der Waals surface area (Å²) in [5.41, 5.74) is 0.380. The van der Waals surface area contributed by atoms with E-state index in [0.717, 1.165) is 6.26 Å². The number of rotatable bonds is 2. The van der Waals surface area contributed by atoms with Gasteiger partial charge in [0.25, 0.3) is 0 Å². The average molecular weight is 136 g/mol. The molecule has 0 amide bonds. The first-order valence-corrected chi connectivity index (χ1v) is 2.16. The van der Waals surface area contributed by atoms with Crippen molar-refractivity contribution in [2.75, 3.05) is 0 Å². The summed E-state index contributed by atoms with van der Waals surface area (Å²) in [4.78, 5) is 10.3. The molecule has 0 fully saturated rings. The van der Waals surface area contributed by atoms with Crippen molar-refractivity contribution in [1.82, 2.24) is 0 Å². The van der Waals surface area contributed by atoms with Crippen molar-refractivity contribution in [3.63, 3.8) is 0 Å². The molecule has 0 heterocycles. The fraction of sp³-hybridized carbons (Fsp3) is 0.167. The van der Waals surface area contributed by atoms with E-state index in [4.69, 9.17) is 0 Å². The number of hydrogen-bond donors (Lipinski definition) is 0. The second kappa shape index (κ2) is 6.08. The van der Waals surface area contributed by atoms with Crippen LogP contribution >= 0.6 is 0 Å². The number of esters is 1. The molecule has 0 saturated heterocycles. The number of carbonyl (C=O) groups excluding carboxylic acids is 1. The standard InChI is InChI=1S/C6H8O2.Na.H/c1-4-8-6(7)5(2)3;;/h4H,1-2H2,3H3;;/q;+1;-1. The maximum Gasteiger partial charge on any atom is 1.00 e. The van der Waals surface area contributed by atoms with Crippen LogP contribution in [-0.2, 0) is 9.53 Å². The number of ether oxygens (including phenoxy) is 1. The molecule has 0 rings (SSSR count). The SMILES string of the molecule is C=COC(=O)C(=C)C.[H-].[Na+]. The van der Waals surface area contributed by atoms with Gasteiger partial charge in [0.2, 0.25) is 0 Å². The summed E-state index contributed by atoms with van der Waals surface area (Å²) >= 11 is 0. The minimum atomic E-state index is -0.431. The van der Waals surface area contributed by atoms with Crippen LogP contribution in [0.15, 0.2) is 25.0 Å². The molecule has 0 aromatic carbocycles. The van der Waals surface area contributed by atoms with Crippen LogP contribution in [0.1, 0.15) is 8.35 Å². The normalized spacial score (nSPS) is 6.78. The zero-order valence-corrected chi connectivity index (χ0v) is 7.81. The zero-order chi connectivity index (χ0) is 6.57. The van der Waals surface area contributed by atoms with Crippen molar-refractivity contribution in [1.29, 1.82) is 0 Å². The first-order chi connectivity index (χ1) is 3.68. The quantitative estimate of drug-likeness (QED) is 0.197. The summed E-state index contributed by atoms with van der Waals surface area (Å²) in [5.74, 6) is -0.431. The van der Waals surface area contributed by atoms with Gasteiger partial charge in [-0.3, -0.25) is 0 Å². The Labute approximate surface area is 78.4 Å². The van der Waals surface area contributed by atoms with Crippen molar-refractivity contribution in [2.45, 2.75) is 6.92 Å². The Kier molecular flexibility index (Phi) is 7.91. The minimum absolute atomic E-state index is 0. The maximum atomic E-state index is 10.3. The summed E-state index contributed by atoms with van der Waals surface area (Å²) < 4.78 is 4.33. The molecular formula is C6H9NaO2. The van der Waals surface area contributed by atoms with E-state index in [-0.39, 0.29) is 31.0 Å². The van der Waals surface area contributed by atoms with Gasteiger partial charge >= 0.3 is 35.5 Å². The van der Waals surface area contributed by atoms with Crippen molar-refractivity contribution in [2.24, 2.45) is 0 Å². The smallest absolute Gasteiger partial charge is 1.00 e. The molecule has 9 heavy (non-hydrogen) atoms. The Hall–Kier alpha value is -0.0500. The van der Waals surface area contributed by atoms with Gasteiger partial charge in [-0.15, -0.1) is 0 Å². The Morgan fingerprint density at radius 2 is 2.22 bits per heavy atom. The van der Waals surface area contributed by atoms with Gasteiger partial charge in [0.05, 0.1) is 6.26 Å². The predicted molar refractivity (Wildman–Crippen MR) is 32.2 cm³/mol. The Morgan fingerprint density at radius 1 is 1.78 bits per heavy atom. The van der Waals surface area contributed by atoms with E-state index in [0.29, 0.717) is 5.57 Å². The Morgan fingerprint density at radius 3 is 2.33 bits per heavy atom. The molecule has 0 atom stereocenters. The van der Waals surface area contributed by atoms with Gasteiger partial charge in [-0.25, -0.2) is 4.79 Å². The molecule has 0 unspecified atom stereocenters.